The van der Waals surface area contributed by atoms with E-state index in [9.17, 15) is 4.79 Å². The van der Waals surface area contributed by atoms with E-state index < -0.39 is 5.54 Å². The number of rotatable bonds is 4. The molecule has 0 aliphatic carbocycles. The SMILES string of the molecule is CCc1ccc(OC)c(C(=O)C(C)(C)N)c1. The first-order chi connectivity index (χ1) is 7.40. The maximum Gasteiger partial charge on any atom is 0.185 e. The molecule has 3 heteroatoms. The zero-order chi connectivity index (χ0) is 12.3. The van der Waals surface area contributed by atoms with Crippen LogP contribution in [0.25, 0.3) is 0 Å². The molecule has 0 aliphatic rings. The second-order valence-electron chi connectivity index (χ2n) is 4.44. The molecule has 0 atom stereocenters. The van der Waals surface area contributed by atoms with Crippen molar-refractivity contribution in [3.8, 4) is 5.75 Å². The number of benzene rings is 1. The Morgan fingerprint density at radius 1 is 1.44 bits per heavy atom. The summed E-state index contributed by atoms with van der Waals surface area (Å²) in [6.45, 7) is 5.45. The standard InChI is InChI=1S/C13H19NO2/c1-5-9-6-7-11(16-4)10(8-9)12(15)13(2,3)14/h6-8H,5,14H2,1-4H3. The van der Waals surface area contributed by atoms with Crippen LogP contribution in [0.5, 0.6) is 5.75 Å². The van der Waals surface area contributed by atoms with Gasteiger partial charge in [0.1, 0.15) is 5.75 Å². The van der Waals surface area contributed by atoms with Crippen molar-refractivity contribution < 1.29 is 9.53 Å². The molecular weight excluding hydrogens is 202 g/mol. The van der Waals surface area contributed by atoms with Crippen LogP contribution >= 0.6 is 0 Å². The molecule has 0 radical (unpaired) electrons. The van der Waals surface area contributed by atoms with E-state index in [1.165, 1.54) is 0 Å². The summed E-state index contributed by atoms with van der Waals surface area (Å²) in [7, 11) is 1.56. The molecule has 1 rings (SSSR count). The van der Waals surface area contributed by atoms with Gasteiger partial charge >= 0.3 is 0 Å². The highest BCUT2D eigenvalue weighted by Gasteiger charge is 2.26. The Labute approximate surface area is 96.6 Å². The van der Waals surface area contributed by atoms with E-state index in [-0.39, 0.29) is 5.78 Å². The van der Waals surface area contributed by atoms with Crippen LogP contribution in [0.1, 0.15) is 36.7 Å². The molecule has 1 aromatic carbocycles. The van der Waals surface area contributed by atoms with E-state index in [1.54, 1.807) is 21.0 Å². The molecule has 3 nitrogen and oxygen atoms in total. The van der Waals surface area contributed by atoms with Crippen LogP contribution in [0, 0.1) is 0 Å². The fourth-order valence-corrected chi connectivity index (χ4v) is 1.50. The van der Waals surface area contributed by atoms with Crippen molar-refractivity contribution in [1.29, 1.82) is 0 Å². The number of ketones is 1. The van der Waals surface area contributed by atoms with Crippen LogP contribution in [0.15, 0.2) is 18.2 Å². The van der Waals surface area contributed by atoms with Crippen molar-refractivity contribution in [1.82, 2.24) is 0 Å². The van der Waals surface area contributed by atoms with Crippen molar-refractivity contribution in [3.63, 3.8) is 0 Å². The molecule has 2 N–H and O–H groups in total. The van der Waals surface area contributed by atoms with E-state index in [2.05, 4.69) is 0 Å². The summed E-state index contributed by atoms with van der Waals surface area (Å²) in [4.78, 5) is 12.1. The third kappa shape index (κ3) is 2.61. The summed E-state index contributed by atoms with van der Waals surface area (Å²) < 4.78 is 5.18. The maximum atomic E-state index is 12.1. The number of methoxy groups -OCH3 is 1. The minimum Gasteiger partial charge on any atom is -0.496 e. The first-order valence-corrected chi connectivity index (χ1v) is 5.40. The Hall–Kier alpha value is -1.35. The normalized spacial score (nSPS) is 11.3. The lowest BCUT2D eigenvalue weighted by molar-refractivity contribution is 0.0910. The molecule has 0 bridgehead atoms. The molecule has 0 heterocycles. The molecule has 1 aromatic rings. The number of carbonyl (C=O) groups excluding carboxylic acids is 1. The van der Waals surface area contributed by atoms with Gasteiger partial charge in [-0.3, -0.25) is 4.79 Å². The summed E-state index contributed by atoms with van der Waals surface area (Å²) in [6, 6.07) is 5.63. The molecule has 0 fully saturated rings. The van der Waals surface area contributed by atoms with Gasteiger partial charge in [0.05, 0.1) is 18.2 Å². The van der Waals surface area contributed by atoms with Crippen molar-refractivity contribution in [2.45, 2.75) is 32.7 Å². The van der Waals surface area contributed by atoms with Gasteiger partial charge in [0.2, 0.25) is 0 Å². The van der Waals surface area contributed by atoms with Crippen LogP contribution in [-0.4, -0.2) is 18.4 Å². The van der Waals surface area contributed by atoms with Crippen LogP contribution in [0.3, 0.4) is 0 Å². The topological polar surface area (TPSA) is 52.3 Å². The van der Waals surface area contributed by atoms with E-state index in [0.717, 1.165) is 12.0 Å². The minimum atomic E-state index is -0.875. The molecule has 0 spiro atoms. The molecular formula is C13H19NO2. The minimum absolute atomic E-state index is 0.0975. The molecule has 88 valence electrons. The van der Waals surface area contributed by atoms with Crippen LogP contribution in [-0.2, 0) is 6.42 Å². The number of Topliss-reactive ketones (excluding diaryl/α,β-unsaturated/α-hetero) is 1. The number of aryl methyl sites for hydroxylation is 1. The van der Waals surface area contributed by atoms with Crippen LogP contribution in [0.2, 0.25) is 0 Å². The van der Waals surface area contributed by atoms with E-state index in [4.69, 9.17) is 10.5 Å². The zero-order valence-corrected chi connectivity index (χ0v) is 10.3. The second-order valence-corrected chi connectivity index (χ2v) is 4.44. The van der Waals surface area contributed by atoms with Gasteiger partial charge in [0, 0.05) is 0 Å². The van der Waals surface area contributed by atoms with Gasteiger partial charge in [0.15, 0.2) is 5.78 Å². The smallest absolute Gasteiger partial charge is 0.185 e. The lowest BCUT2D eigenvalue weighted by atomic mass is 9.92. The fourth-order valence-electron chi connectivity index (χ4n) is 1.50. The number of hydrogen-bond acceptors (Lipinski definition) is 3. The highest BCUT2D eigenvalue weighted by Crippen LogP contribution is 2.23. The number of ether oxygens (including phenoxy) is 1. The first kappa shape index (κ1) is 12.7. The summed E-state index contributed by atoms with van der Waals surface area (Å²) in [6.07, 6.45) is 0.884. The lowest BCUT2D eigenvalue weighted by Gasteiger charge is -2.19. The van der Waals surface area contributed by atoms with Gasteiger partial charge in [-0.1, -0.05) is 13.0 Å². The van der Waals surface area contributed by atoms with E-state index in [1.807, 2.05) is 25.1 Å². The van der Waals surface area contributed by atoms with Gasteiger partial charge in [-0.05, 0) is 38.0 Å². The lowest BCUT2D eigenvalue weighted by Crippen LogP contribution is -2.41. The Balaban J connectivity index is 3.24. The molecule has 0 aliphatic heterocycles. The summed E-state index contributed by atoms with van der Waals surface area (Å²) in [5, 5.41) is 0. The molecule has 0 saturated heterocycles. The summed E-state index contributed by atoms with van der Waals surface area (Å²) >= 11 is 0. The van der Waals surface area contributed by atoms with Crippen molar-refractivity contribution in [2.75, 3.05) is 7.11 Å². The molecule has 0 unspecified atom stereocenters. The molecule has 16 heavy (non-hydrogen) atoms. The molecule has 0 saturated carbocycles. The Morgan fingerprint density at radius 2 is 2.06 bits per heavy atom. The number of nitrogens with two attached hydrogens (primary N) is 1. The summed E-state index contributed by atoms with van der Waals surface area (Å²) in [5.41, 5.74) is 6.61. The molecule has 0 aromatic heterocycles. The fraction of sp³-hybridized carbons (Fsp3) is 0.462. The largest absolute Gasteiger partial charge is 0.496 e. The van der Waals surface area contributed by atoms with Gasteiger partial charge in [0.25, 0.3) is 0 Å². The van der Waals surface area contributed by atoms with Gasteiger partial charge in [-0.15, -0.1) is 0 Å². The quantitative estimate of drug-likeness (QED) is 0.793. The van der Waals surface area contributed by atoms with Gasteiger partial charge in [-0.2, -0.15) is 0 Å². The van der Waals surface area contributed by atoms with Crippen molar-refractivity contribution in [3.05, 3.63) is 29.3 Å². The zero-order valence-electron chi connectivity index (χ0n) is 10.3. The Kier molecular flexibility index (Phi) is 3.70. The average molecular weight is 221 g/mol. The Bertz CT molecular complexity index is 391. The average Bonchev–Trinajstić information content (AvgIpc) is 2.25. The van der Waals surface area contributed by atoms with Gasteiger partial charge < -0.3 is 10.5 Å². The third-order valence-electron chi connectivity index (χ3n) is 2.50. The van der Waals surface area contributed by atoms with E-state index in [0.29, 0.717) is 11.3 Å². The monoisotopic (exact) mass is 221 g/mol. The van der Waals surface area contributed by atoms with Gasteiger partial charge in [-0.25, -0.2) is 0 Å². The van der Waals surface area contributed by atoms with Crippen molar-refractivity contribution in [2.24, 2.45) is 5.73 Å². The second kappa shape index (κ2) is 4.66. The number of hydrogen-bond donors (Lipinski definition) is 1. The highest BCUT2D eigenvalue weighted by molar-refractivity contribution is 6.04. The van der Waals surface area contributed by atoms with Crippen molar-refractivity contribution >= 4 is 5.78 Å². The summed E-state index contributed by atoms with van der Waals surface area (Å²) in [5.74, 6) is 0.486. The third-order valence-corrected chi connectivity index (χ3v) is 2.50. The van der Waals surface area contributed by atoms with Crippen LogP contribution < -0.4 is 10.5 Å². The Morgan fingerprint density at radius 3 is 2.50 bits per heavy atom. The van der Waals surface area contributed by atoms with Crippen LogP contribution in [0.4, 0.5) is 0 Å². The predicted octanol–water partition coefficient (Wildman–Crippen LogP) is 2.18. The first-order valence-electron chi connectivity index (χ1n) is 5.40. The predicted molar refractivity (Wildman–Crippen MR) is 65.0 cm³/mol. The number of carbonyl (C=O) groups is 1. The highest BCUT2D eigenvalue weighted by atomic mass is 16.5. The van der Waals surface area contributed by atoms with E-state index >= 15 is 0 Å². The maximum absolute atomic E-state index is 12.1. The molecule has 0 amide bonds.